The average Bonchev–Trinajstić information content (AvgIpc) is 2.53. The lowest BCUT2D eigenvalue weighted by molar-refractivity contribution is 0.0333. The van der Waals surface area contributed by atoms with Gasteiger partial charge < -0.3 is 9.47 Å². The Balaban J connectivity index is 2.22. The summed E-state index contributed by atoms with van der Waals surface area (Å²) < 4.78 is 11.7. The first-order valence-electron chi connectivity index (χ1n) is 8.92. The maximum atomic E-state index is 5.84. The van der Waals surface area contributed by atoms with Gasteiger partial charge in [-0.1, -0.05) is 61.7 Å². The van der Waals surface area contributed by atoms with Crippen LogP contribution in [0, 0.1) is 0 Å². The Bertz CT molecular complexity index is 708. The third kappa shape index (κ3) is 4.78. The number of rotatable bonds is 7. The monoisotopic (exact) mass is 350 g/mol. The number of allylic oxidation sites excluding steroid dienone is 2. The van der Waals surface area contributed by atoms with Gasteiger partial charge in [0.05, 0.1) is 11.5 Å². The highest BCUT2D eigenvalue weighted by Gasteiger charge is 2.23. The summed E-state index contributed by atoms with van der Waals surface area (Å²) in [5, 5.41) is 0. The Morgan fingerprint density at radius 2 is 0.885 bits per heavy atom. The van der Waals surface area contributed by atoms with Crippen LogP contribution in [-0.4, -0.2) is 0 Å². The molecule has 0 radical (unpaired) electrons. The van der Waals surface area contributed by atoms with Gasteiger partial charge in [-0.3, -0.25) is 0 Å². The van der Waals surface area contributed by atoms with Crippen LogP contribution in [0.15, 0.2) is 73.2 Å². The molecule has 0 unspecified atom stereocenters. The molecule has 0 N–H and O–H groups in total. The third-order valence-corrected chi connectivity index (χ3v) is 4.35. The zero-order valence-corrected chi connectivity index (χ0v) is 16.8. The smallest absolute Gasteiger partial charge is 0.128 e. The molecule has 0 atom stereocenters. The van der Waals surface area contributed by atoms with E-state index in [1.807, 2.05) is 13.8 Å². The molecule has 2 rings (SSSR count). The minimum Gasteiger partial charge on any atom is -0.488 e. The second-order valence-electron chi connectivity index (χ2n) is 7.78. The molecular formula is C24H30O2. The molecule has 2 heteroatoms. The van der Waals surface area contributed by atoms with Crippen molar-refractivity contribution in [3.05, 3.63) is 84.3 Å². The predicted octanol–water partition coefficient (Wildman–Crippen LogP) is 6.92. The molecule has 0 spiro atoms. The molecule has 0 heterocycles. The molecule has 2 aromatic carbocycles. The Morgan fingerprint density at radius 3 is 1.12 bits per heavy atom. The van der Waals surface area contributed by atoms with E-state index in [1.54, 1.807) is 0 Å². The van der Waals surface area contributed by atoms with Crippen LogP contribution in [0.1, 0.15) is 52.7 Å². The largest absolute Gasteiger partial charge is 0.488 e. The molecule has 0 amide bonds. The van der Waals surface area contributed by atoms with E-state index in [0.29, 0.717) is 11.5 Å². The average molecular weight is 351 g/mol. The minimum atomic E-state index is -0.391. The van der Waals surface area contributed by atoms with Gasteiger partial charge in [-0.05, 0) is 63.8 Å². The summed E-state index contributed by atoms with van der Waals surface area (Å²) >= 11 is 0. The molecular weight excluding hydrogens is 320 g/mol. The van der Waals surface area contributed by atoms with Crippen molar-refractivity contribution in [2.45, 2.75) is 52.7 Å². The van der Waals surface area contributed by atoms with Crippen LogP contribution < -0.4 is 0 Å². The van der Waals surface area contributed by atoms with Crippen LogP contribution >= 0.6 is 0 Å². The van der Waals surface area contributed by atoms with Crippen molar-refractivity contribution in [2.75, 3.05) is 0 Å². The number of hydrogen-bond acceptors (Lipinski definition) is 2. The molecule has 0 bridgehead atoms. The van der Waals surface area contributed by atoms with Crippen molar-refractivity contribution in [1.29, 1.82) is 0 Å². The van der Waals surface area contributed by atoms with Crippen LogP contribution in [0.25, 0.3) is 11.1 Å². The van der Waals surface area contributed by atoms with E-state index in [9.17, 15) is 0 Å². The number of benzene rings is 2. The molecule has 138 valence electrons. The van der Waals surface area contributed by atoms with E-state index in [1.165, 1.54) is 11.1 Å². The molecule has 0 aromatic heterocycles. The van der Waals surface area contributed by atoms with E-state index in [4.69, 9.17) is 9.47 Å². The molecule has 0 aliphatic heterocycles. The summed E-state index contributed by atoms with van der Waals surface area (Å²) in [6.07, 6.45) is 0. The van der Waals surface area contributed by atoms with Crippen molar-refractivity contribution in [3.63, 3.8) is 0 Å². The molecule has 0 saturated carbocycles. The maximum absolute atomic E-state index is 5.84. The first kappa shape index (κ1) is 19.8. The van der Waals surface area contributed by atoms with E-state index < -0.39 is 11.2 Å². The lowest BCUT2D eigenvalue weighted by atomic mass is 9.93. The first-order chi connectivity index (χ1) is 12.0. The lowest BCUT2D eigenvalue weighted by Crippen LogP contribution is -2.20. The fourth-order valence-corrected chi connectivity index (χ4v) is 3.12. The van der Waals surface area contributed by atoms with Gasteiger partial charge in [0.1, 0.15) is 11.2 Å². The van der Waals surface area contributed by atoms with Gasteiger partial charge >= 0.3 is 0 Å². The standard InChI is InChI=1S/C24H30O2/c1-17(2)25-23(5,6)21-13-9-19(10-14-21)20-11-15-22(16-12-20)24(7,8)26-18(3)4/h9-16H,1,3H2,2,4-8H3. The molecule has 0 aliphatic carbocycles. The highest BCUT2D eigenvalue weighted by molar-refractivity contribution is 5.64. The van der Waals surface area contributed by atoms with Gasteiger partial charge in [0.2, 0.25) is 0 Å². The van der Waals surface area contributed by atoms with Crippen molar-refractivity contribution < 1.29 is 9.47 Å². The van der Waals surface area contributed by atoms with Crippen LogP contribution in [-0.2, 0) is 20.7 Å². The minimum absolute atomic E-state index is 0.391. The van der Waals surface area contributed by atoms with Crippen LogP contribution in [0.5, 0.6) is 0 Å². The van der Waals surface area contributed by atoms with Crippen molar-refractivity contribution in [2.24, 2.45) is 0 Å². The fraction of sp³-hybridized carbons (Fsp3) is 0.333. The molecule has 0 aliphatic rings. The Hall–Kier alpha value is -2.48. The normalized spacial score (nSPS) is 11.8. The summed E-state index contributed by atoms with van der Waals surface area (Å²) in [5.41, 5.74) is 3.81. The summed E-state index contributed by atoms with van der Waals surface area (Å²) in [6.45, 7) is 19.6. The van der Waals surface area contributed by atoms with Crippen molar-refractivity contribution >= 4 is 0 Å². The summed E-state index contributed by atoms with van der Waals surface area (Å²) in [5.74, 6) is 1.43. The van der Waals surface area contributed by atoms with E-state index in [2.05, 4.69) is 89.4 Å². The van der Waals surface area contributed by atoms with E-state index >= 15 is 0 Å². The maximum Gasteiger partial charge on any atom is 0.128 e. The van der Waals surface area contributed by atoms with Gasteiger partial charge in [0.15, 0.2) is 0 Å². The van der Waals surface area contributed by atoms with E-state index in [-0.39, 0.29) is 0 Å². The molecule has 2 aromatic rings. The fourth-order valence-electron chi connectivity index (χ4n) is 3.12. The molecule has 0 fully saturated rings. The van der Waals surface area contributed by atoms with Gasteiger partial charge in [0, 0.05) is 0 Å². The topological polar surface area (TPSA) is 18.5 Å². The van der Waals surface area contributed by atoms with Crippen LogP contribution in [0.3, 0.4) is 0 Å². The molecule has 0 saturated heterocycles. The first-order valence-corrected chi connectivity index (χ1v) is 8.92. The van der Waals surface area contributed by atoms with E-state index in [0.717, 1.165) is 11.1 Å². The zero-order valence-electron chi connectivity index (χ0n) is 16.8. The zero-order chi connectivity index (χ0) is 19.5. The number of hydrogen-bond donors (Lipinski definition) is 0. The van der Waals surface area contributed by atoms with Crippen LogP contribution in [0.2, 0.25) is 0 Å². The second-order valence-corrected chi connectivity index (χ2v) is 7.78. The van der Waals surface area contributed by atoms with Gasteiger partial charge in [-0.15, -0.1) is 0 Å². The second kappa shape index (κ2) is 7.41. The summed E-state index contributed by atoms with van der Waals surface area (Å²) in [6, 6.07) is 17.0. The van der Waals surface area contributed by atoms with Gasteiger partial charge in [-0.2, -0.15) is 0 Å². The van der Waals surface area contributed by atoms with Gasteiger partial charge in [-0.25, -0.2) is 0 Å². The summed E-state index contributed by atoms with van der Waals surface area (Å²) in [4.78, 5) is 0. The van der Waals surface area contributed by atoms with Gasteiger partial charge in [0.25, 0.3) is 0 Å². The SMILES string of the molecule is C=C(C)OC(C)(C)c1ccc(-c2ccc(C(C)(C)OC(=C)C)cc2)cc1. The lowest BCUT2D eigenvalue weighted by Gasteiger charge is -2.28. The third-order valence-electron chi connectivity index (χ3n) is 4.35. The van der Waals surface area contributed by atoms with Crippen molar-refractivity contribution in [1.82, 2.24) is 0 Å². The van der Waals surface area contributed by atoms with Crippen LogP contribution in [0.4, 0.5) is 0 Å². The Morgan fingerprint density at radius 1 is 0.615 bits per heavy atom. The highest BCUT2D eigenvalue weighted by atomic mass is 16.5. The predicted molar refractivity (Wildman–Crippen MR) is 110 cm³/mol. The quantitative estimate of drug-likeness (QED) is 0.504. The molecule has 26 heavy (non-hydrogen) atoms. The highest BCUT2D eigenvalue weighted by Crippen LogP contribution is 2.31. The Kier molecular flexibility index (Phi) is 5.65. The Labute approximate surface area is 158 Å². The molecule has 2 nitrogen and oxygen atoms in total. The van der Waals surface area contributed by atoms with Crippen molar-refractivity contribution in [3.8, 4) is 11.1 Å². The summed E-state index contributed by atoms with van der Waals surface area (Å²) in [7, 11) is 0. The number of ether oxygens (including phenoxy) is 2.